The Bertz CT molecular complexity index is 896. The summed E-state index contributed by atoms with van der Waals surface area (Å²) >= 11 is 3.48. The highest BCUT2D eigenvalue weighted by Gasteiger charge is 2.07. The molecule has 0 radical (unpaired) electrons. The van der Waals surface area contributed by atoms with E-state index >= 15 is 0 Å². The minimum Gasteiger partial charge on any atom is -0.483 e. The van der Waals surface area contributed by atoms with Crippen molar-refractivity contribution >= 4 is 38.9 Å². The number of hydrogen-bond acceptors (Lipinski definition) is 3. The molecular weight excluding hydrogens is 404 g/mol. The van der Waals surface area contributed by atoms with Gasteiger partial charge in [0.15, 0.2) is 6.61 Å². The van der Waals surface area contributed by atoms with Gasteiger partial charge in [0.25, 0.3) is 5.91 Å². The van der Waals surface area contributed by atoms with Crippen LogP contribution in [-0.4, -0.2) is 12.5 Å². The van der Waals surface area contributed by atoms with Crippen molar-refractivity contribution in [2.24, 2.45) is 0 Å². The van der Waals surface area contributed by atoms with Gasteiger partial charge in [0, 0.05) is 17.1 Å². The fourth-order valence-electron chi connectivity index (χ4n) is 2.55. The Morgan fingerprint density at radius 1 is 0.926 bits per heavy atom. The van der Waals surface area contributed by atoms with E-state index in [2.05, 4.69) is 33.5 Å². The first kappa shape index (κ1) is 19.0. The second kappa shape index (κ2) is 9.24. The molecule has 0 saturated carbocycles. The third-order valence-corrected chi connectivity index (χ3v) is 4.61. The van der Waals surface area contributed by atoms with Crippen LogP contribution in [0.25, 0.3) is 0 Å². The Balaban J connectivity index is 1.52. The number of aryl methyl sites for hydroxylation is 1. The molecule has 0 fully saturated rings. The molecule has 27 heavy (non-hydrogen) atoms. The number of halogens is 1. The van der Waals surface area contributed by atoms with E-state index in [4.69, 9.17) is 4.74 Å². The molecule has 1 amide bonds. The Morgan fingerprint density at radius 2 is 1.59 bits per heavy atom. The Hall–Kier alpha value is -2.79. The van der Waals surface area contributed by atoms with Crippen LogP contribution in [0.15, 0.2) is 77.3 Å². The second-order valence-corrected chi connectivity index (χ2v) is 6.88. The number of benzene rings is 3. The van der Waals surface area contributed by atoms with Gasteiger partial charge in [0.2, 0.25) is 0 Å². The summed E-state index contributed by atoms with van der Waals surface area (Å²) in [5.41, 5.74) is 3.91. The maximum atomic E-state index is 12.1. The standard InChI is InChI=1S/C22H21BrN2O2/c1-2-16-8-13-21(20(23)14-16)27-15-22(26)25-19-11-9-18(10-12-19)24-17-6-4-3-5-7-17/h3-14,24H,2,15H2,1H3,(H,25,26). The SMILES string of the molecule is CCc1ccc(OCC(=O)Nc2ccc(Nc3ccccc3)cc2)c(Br)c1. The predicted octanol–water partition coefficient (Wildman–Crippen LogP) is 5.77. The number of rotatable bonds is 7. The van der Waals surface area contributed by atoms with E-state index in [1.165, 1.54) is 5.56 Å². The van der Waals surface area contributed by atoms with E-state index in [0.29, 0.717) is 5.75 Å². The van der Waals surface area contributed by atoms with Gasteiger partial charge < -0.3 is 15.4 Å². The van der Waals surface area contributed by atoms with Gasteiger partial charge >= 0.3 is 0 Å². The van der Waals surface area contributed by atoms with Crippen molar-refractivity contribution in [3.8, 4) is 5.75 Å². The molecule has 0 saturated heterocycles. The number of anilines is 3. The molecular formula is C22H21BrN2O2. The number of amides is 1. The van der Waals surface area contributed by atoms with Crippen LogP contribution in [0, 0.1) is 0 Å². The molecule has 2 N–H and O–H groups in total. The number of hydrogen-bond donors (Lipinski definition) is 2. The van der Waals surface area contributed by atoms with E-state index in [1.54, 1.807) is 0 Å². The van der Waals surface area contributed by atoms with E-state index in [1.807, 2.05) is 72.8 Å². The Morgan fingerprint density at radius 3 is 2.26 bits per heavy atom. The first-order valence-electron chi connectivity index (χ1n) is 8.77. The van der Waals surface area contributed by atoms with E-state index in [0.717, 1.165) is 28.0 Å². The van der Waals surface area contributed by atoms with Crippen molar-refractivity contribution in [2.45, 2.75) is 13.3 Å². The average molecular weight is 425 g/mol. The smallest absolute Gasteiger partial charge is 0.262 e. The molecule has 3 aromatic carbocycles. The van der Waals surface area contributed by atoms with E-state index < -0.39 is 0 Å². The summed E-state index contributed by atoms with van der Waals surface area (Å²) in [6, 6.07) is 23.4. The molecule has 3 rings (SSSR count). The van der Waals surface area contributed by atoms with E-state index in [9.17, 15) is 4.79 Å². The van der Waals surface area contributed by atoms with Crippen LogP contribution in [0.1, 0.15) is 12.5 Å². The lowest BCUT2D eigenvalue weighted by atomic mass is 10.2. The zero-order chi connectivity index (χ0) is 19.1. The molecule has 138 valence electrons. The van der Waals surface area contributed by atoms with Gasteiger partial charge in [-0.15, -0.1) is 0 Å². The minimum absolute atomic E-state index is 0.0475. The third-order valence-electron chi connectivity index (χ3n) is 3.99. The van der Waals surface area contributed by atoms with Crippen molar-refractivity contribution in [3.63, 3.8) is 0 Å². The fraction of sp³-hybridized carbons (Fsp3) is 0.136. The minimum atomic E-state index is -0.203. The van der Waals surface area contributed by atoms with Gasteiger partial charge in [-0.05, 0) is 76.4 Å². The summed E-state index contributed by atoms with van der Waals surface area (Å²) in [6.07, 6.45) is 0.953. The summed E-state index contributed by atoms with van der Waals surface area (Å²) in [6.45, 7) is 2.05. The molecule has 4 nitrogen and oxygen atoms in total. The largest absolute Gasteiger partial charge is 0.483 e. The maximum absolute atomic E-state index is 12.1. The van der Waals surface area contributed by atoms with Crippen LogP contribution in [0.5, 0.6) is 5.75 Å². The first-order valence-corrected chi connectivity index (χ1v) is 9.56. The summed E-state index contributed by atoms with van der Waals surface area (Å²) < 4.78 is 6.45. The van der Waals surface area contributed by atoms with Crippen LogP contribution >= 0.6 is 15.9 Å². The van der Waals surface area contributed by atoms with Crippen molar-refractivity contribution in [2.75, 3.05) is 17.2 Å². The Kier molecular flexibility index (Phi) is 6.49. The fourth-order valence-corrected chi connectivity index (χ4v) is 3.09. The molecule has 3 aromatic rings. The lowest BCUT2D eigenvalue weighted by Crippen LogP contribution is -2.20. The van der Waals surface area contributed by atoms with Crippen LogP contribution in [0.3, 0.4) is 0 Å². The van der Waals surface area contributed by atoms with Gasteiger partial charge in [-0.25, -0.2) is 0 Å². The molecule has 0 atom stereocenters. The molecule has 0 aliphatic heterocycles. The topological polar surface area (TPSA) is 50.4 Å². The van der Waals surface area contributed by atoms with Crippen LogP contribution in [-0.2, 0) is 11.2 Å². The number of nitrogens with one attached hydrogen (secondary N) is 2. The monoisotopic (exact) mass is 424 g/mol. The summed E-state index contributed by atoms with van der Waals surface area (Å²) in [5.74, 6) is 0.454. The normalized spacial score (nSPS) is 10.3. The van der Waals surface area contributed by atoms with Gasteiger partial charge in [0.05, 0.1) is 4.47 Å². The number of ether oxygens (including phenoxy) is 1. The molecule has 0 bridgehead atoms. The lowest BCUT2D eigenvalue weighted by molar-refractivity contribution is -0.118. The van der Waals surface area contributed by atoms with Crippen LogP contribution in [0.2, 0.25) is 0 Å². The summed E-state index contributed by atoms with van der Waals surface area (Å²) in [7, 11) is 0. The zero-order valence-electron chi connectivity index (χ0n) is 15.0. The molecule has 0 aromatic heterocycles. The van der Waals surface area contributed by atoms with Gasteiger partial charge in [-0.1, -0.05) is 31.2 Å². The summed E-state index contributed by atoms with van der Waals surface area (Å²) in [4.78, 5) is 12.1. The highest BCUT2D eigenvalue weighted by Crippen LogP contribution is 2.26. The molecule has 0 unspecified atom stereocenters. The van der Waals surface area contributed by atoms with Crippen molar-refractivity contribution in [1.29, 1.82) is 0 Å². The quantitative estimate of drug-likeness (QED) is 0.505. The molecule has 0 heterocycles. The second-order valence-electron chi connectivity index (χ2n) is 6.02. The van der Waals surface area contributed by atoms with Crippen molar-refractivity contribution < 1.29 is 9.53 Å². The predicted molar refractivity (Wildman–Crippen MR) is 114 cm³/mol. The number of para-hydroxylation sites is 1. The van der Waals surface area contributed by atoms with Crippen LogP contribution in [0.4, 0.5) is 17.1 Å². The average Bonchev–Trinajstić information content (AvgIpc) is 2.69. The summed E-state index contributed by atoms with van der Waals surface area (Å²) in [5, 5.41) is 6.14. The van der Waals surface area contributed by atoms with Crippen molar-refractivity contribution in [3.05, 3.63) is 82.8 Å². The number of carbonyl (C=O) groups is 1. The highest BCUT2D eigenvalue weighted by molar-refractivity contribution is 9.10. The first-order chi connectivity index (χ1) is 13.1. The molecule has 0 spiro atoms. The molecule has 0 aliphatic rings. The highest BCUT2D eigenvalue weighted by atomic mass is 79.9. The lowest BCUT2D eigenvalue weighted by Gasteiger charge is -2.11. The number of carbonyl (C=O) groups excluding carboxylic acids is 1. The molecule has 5 heteroatoms. The van der Waals surface area contributed by atoms with E-state index in [-0.39, 0.29) is 12.5 Å². The van der Waals surface area contributed by atoms with Gasteiger partial charge in [-0.2, -0.15) is 0 Å². The zero-order valence-corrected chi connectivity index (χ0v) is 16.6. The maximum Gasteiger partial charge on any atom is 0.262 e. The van der Waals surface area contributed by atoms with Gasteiger partial charge in [-0.3, -0.25) is 4.79 Å². The van der Waals surface area contributed by atoms with Gasteiger partial charge in [0.1, 0.15) is 5.75 Å². The van der Waals surface area contributed by atoms with Crippen LogP contribution < -0.4 is 15.4 Å². The van der Waals surface area contributed by atoms with Crippen molar-refractivity contribution in [1.82, 2.24) is 0 Å². The third kappa shape index (κ3) is 5.59. The molecule has 0 aliphatic carbocycles. The Labute approximate surface area is 167 Å².